The Morgan fingerprint density at radius 2 is 1.73 bits per heavy atom. The van der Waals surface area contributed by atoms with Gasteiger partial charge in [-0.3, -0.25) is 9.88 Å². The maximum atomic E-state index is 10.6. The fourth-order valence-electron chi connectivity index (χ4n) is 6.73. The highest BCUT2D eigenvalue weighted by Gasteiger charge is 2.44. The summed E-state index contributed by atoms with van der Waals surface area (Å²) in [7, 11) is 0. The second-order valence-corrected chi connectivity index (χ2v) is 10.5. The summed E-state index contributed by atoms with van der Waals surface area (Å²) in [5.74, 6) is 2.25. The van der Waals surface area contributed by atoms with Gasteiger partial charge in [-0.05, 0) is 65.6 Å². The summed E-state index contributed by atoms with van der Waals surface area (Å²) in [4.78, 5) is 7.10. The molecule has 3 fully saturated rings. The van der Waals surface area contributed by atoms with Crippen LogP contribution in [0.1, 0.15) is 24.5 Å². The third-order valence-corrected chi connectivity index (χ3v) is 8.58. The van der Waals surface area contributed by atoms with Crippen molar-refractivity contribution in [3.05, 3.63) is 103 Å². The van der Waals surface area contributed by atoms with Crippen LogP contribution in [0.25, 0.3) is 32.4 Å². The lowest BCUT2D eigenvalue weighted by atomic mass is 9.73. The Morgan fingerprint density at radius 3 is 2.54 bits per heavy atom. The molecular formula is C33H30N2O2. The average Bonchev–Trinajstić information content (AvgIpc) is 2.96. The second kappa shape index (κ2) is 8.89. The highest BCUT2D eigenvalue weighted by Crippen LogP contribution is 2.45. The van der Waals surface area contributed by atoms with E-state index in [1.54, 1.807) is 12.3 Å². The number of benzene rings is 4. The molecule has 1 unspecified atom stereocenters. The van der Waals surface area contributed by atoms with E-state index in [4.69, 9.17) is 4.74 Å². The van der Waals surface area contributed by atoms with E-state index >= 15 is 0 Å². The number of aromatic hydroxyl groups is 1. The van der Waals surface area contributed by atoms with Crippen LogP contribution in [0.15, 0.2) is 97.7 Å². The summed E-state index contributed by atoms with van der Waals surface area (Å²) in [6.45, 7) is 6.21. The second-order valence-electron chi connectivity index (χ2n) is 10.5. The Morgan fingerprint density at radius 1 is 0.946 bits per heavy atom. The van der Waals surface area contributed by atoms with Crippen LogP contribution in [-0.4, -0.2) is 34.1 Å². The zero-order valence-electron chi connectivity index (χ0n) is 20.8. The largest absolute Gasteiger partial charge is 0.506 e. The van der Waals surface area contributed by atoms with Gasteiger partial charge in [-0.15, -0.1) is 6.58 Å². The molecule has 1 N–H and O–H groups in total. The van der Waals surface area contributed by atoms with Crippen molar-refractivity contribution in [2.45, 2.75) is 25.0 Å². The number of ether oxygens (including phenoxy) is 1. The number of hydrogen-bond acceptors (Lipinski definition) is 4. The fourth-order valence-corrected chi connectivity index (χ4v) is 6.73. The van der Waals surface area contributed by atoms with E-state index < -0.39 is 0 Å². The number of para-hydroxylation sites is 1. The van der Waals surface area contributed by atoms with Crippen molar-refractivity contribution >= 4 is 32.4 Å². The van der Waals surface area contributed by atoms with Crippen LogP contribution in [0.3, 0.4) is 0 Å². The maximum Gasteiger partial charge on any atom is 0.141 e. The molecule has 3 aliphatic rings. The van der Waals surface area contributed by atoms with Gasteiger partial charge in [-0.25, -0.2) is 0 Å². The highest BCUT2D eigenvalue weighted by molar-refractivity contribution is 6.10. The minimum Gasteiger partial charge on any atom is -0.506 e. The molecule has 1 aromatic heterocycles. The molecule has 184 valence electrons. The Kier molecular flexibility index (Phi) is 5.37. The van der Waals surface area contributed by atoms with E-state index in [1.165, 1.54) is 22.6 Å². The van der Waals surface area contributed by atoms with Gasteiger partial charge in [-0.1, -0.05) is 66.7 Å². The van der Waals surface area contributed by atoms with Crippen molar-refractivity contribution in [1.29, 1.82) is 0 Å². The first kappa shape index (κ1) is 22.3. The molecule has 5 aromatic rings. The molecule has 4 aromatic carbocycles. The third kappa shape index (κ3) is 3.67. The molecular weight excluding hydrogens is 456 g/mol. The van der Waals surface area contributed by atoms with Crippen molar-refractivity contribution in [1.82, 2.24) is 9.88 Å². The van der Waals surface area contributed by atoms with E-state index in [1.807, 2.05) is 6.07 Å². The normalized spacial score (nSPS) is 23.9. The predicted molar refractivity (Wildman–Crippen MR) is 150 cm³/mol. The number of pyridine rings is 1. The van der Waals surface area contributed by atoms with Crippen molar-refractivity contribution in [2.24, 2.45) is 11.8 Å². The van der Waals surface area contributed by atoms with Crippen LogP contribution in [0.2, 0.25) is 0 Å². The van der Waals surface area contributed by atoms with E-state index in [-0.39, 0.29) is 17.9 Å². The Balaban J connectivity index is 1.41. The minimum absolute atomic E-state index is 0.200. The lowest BCUT2D eigenvalue weighted by molar-refractivity contribution is -0.0352. The first-order chi connectivity index (χ1) is 18.2. The smallest absolute Gasteiger partial charge is 0.141 e. The van der Waals surface area contributed by atoms with Crippen LogP contribution >= 0.6 is 0 Å². The lowest BCUT2D eigenvalue weighted by Crippen LogP contribution is -2.55. The number of phenolic OH excluding ortho intramolecular Hbond substituents is 1. The van der Waals surface area contributed by atoms with Crippen molar-refractivity contribution < 1.29 is 9.84 Å². The lowest BCUT2D eigenvalue weighted by Gasteiger charge is -2.51. The van der Waals surface area contributed by atoms with E-state index in [0.717, 1.165) is 41.6 Å². The Labute approximate surface area is 216 Å². The third-order valence-electron chi connectivity index (χ3n) is 8.58. The average molecular weight is 487 g/mol. The molecule has 0 amide bonds. The molecule has 0 radical (unpaired) electrons. The van der Waals surface area contributed by atoms with Crippen LogP contribution in [0.5, 0.6) is 11.5 Å². The van der Waals surface area contributed by atoms with Crippen LogP contribution in [0.4, 0.5) is 0 Å². The van der Waals surface area contributed by atoms with Crippen LogP contribution in [0, 0.1) is 11.8 Å². The summed E-state index contributed by atoms with van der Waals surface area (Å²) < 4.78 is 7.15. The number of rotatable bonds is 5. The van der Waals surface area contributed by atoms with Gasteiger partial charge in [0.25, 0.3) is 0 Å². The standard InChI is InChI=1S/C33H30N2O2/c1-2-21-20-35-17-15-22(21)18-29(35)33(28-14-16-34-32-27(28)12-7-13-30(32)36)37-31-19-23-8-3-4-9-24(23)25-10-5-6-11-26(25)31/h2-14,16,19,21-22,29,33,36H,1,15,17-18,20H2/t21-,22-,29+,33-/m0/s1. The summed E-state index contributed by atoms with van der Waals surface area (Å²) >= 11 is 0. The summed E-state index contributed by atoms with van der Waals surface area (Å²) in [5, 5.41) is 16.2. The van der Waals surface area contributed by atoms with Gasteiger partial charge in [0.15, 0.2) is 0 Å². The van der Waals surface area contributed by atoms with Gasteiger partial charge in [0.1, 0.15) is 23.1 Å². The first-order valence-corrected chi connectivity index (χ1v) is 13.2. The number of fused-ring (bicyclic) bond motifs is 7. The SMILES string of the molecule is C=C[C@H]1CN2CC[C@H]1C[C@@H]2[C@@H](Oc1cc2ccccc2c2ccccc12)c1ccnc2c(O)cccc12. The molecule has 0 spiro atoms. The fraction of sp³-hybridized carbons (Fsp3) is 0.242. The van der Waals surface area contributed by atoms with Gasteiger partial charge < -0.3 is 9.84 Å². The number of aromatic nitrogens is 1. The molecule has 4 nitrogen and oxygen atoms in total. The number of hydrogen-bond donors (Lipinski definition) is 1. The van der Waals surface area contributed by atoms with Crippen LogP contribution in [-0.2, 0) is 0 Å². The van der Waals surface area contributed by atoms with E-state index in [0.29, 0.717) is 17.4 Å². The maximum absolute atomic E-state index is 10.6. The molecule has 0 aliphatic carbocycles. The molecule has 3 saturated heterocycles. The highest BCUT2D eigenvalue weighted by atomic mass is 16.5. The summed E-state index contributed by atoms with van der Waals surface area (Å²) in [6, 6.07) is 27.2. The van der Waals surface area contributed by atoms with Gasteiger partial charge in [0, 0.05) is 29.1 Å². The quantitative estimate of drug-likeness (QED) is 0.210. The molecule has 3 aliphatic heterocycles. The van der Waals surface area contributed by atoms with Crippen molar-refractivity contribution in [3.63, 3.8) is 0 Å². The first-order valence-electron chi connectivity index (χ1n) is 13.2. The summed E-state index contributed by atoms with van der Waals surface area (Å²) in [5.41, 5.74) is 1.70. The topological polar surface area (TPSA) is 45.6 Å². The molecule has 5 atom stereocenters. The van der Waals surface area contributed by atoms with E-state index in [2.05, 4.69) is 89.3 Å². The van der Waals surface area contributed by atoms with Crippen LogP contribution < -0.4 is 4.74 Å². The summed E-state index contributed by atoms with van der Waals surface area (Å²) in [6.07, 6.45) is 6.01. The minimum atomic E-state index is -0.203. The molecule has 4 heteroatoms. The molecule has 2 bridgehead atoms. The van der Waals surface area contributed by atoms with Gasteiger partial charge in [0.05, 0.1) is 6.04 Å². The molecule has 0 saturated carbocycles. The zero-order valence-corrected chi connectivity index (χ0v) is 20.8. The number of phenols is 1. The monoisotopic (exact) mass is 486 g/mol. The zero-order chi connectivity index (χ0) is 24.9. The molecule has 4 heterocycles. The molecule has 8 rings (SSSR count). The van der Waals surface area contributed by atoms with Gasteiger partial charge in [0.2, 0.25) is 0 Å². The van der Waals surface area contributed by atoms with Gasteiger partial charge in [-0.2, -0.15) is 0 Å². The predicted octanol–water partition coefficient (Wildman–Crippen LogP) is 7.26. The Hall–Kier alpha value is -3.89. The van der Waals surface area contributed by atoms with E-state index in [9.17, 15) is 5.11 Å². The van der Waals surface area contributed by atoms with Crippen molar-refractivity contribution in [2.75, 3.05) is 13.1 Å². The Bertz CT molecular complexity index is 1640. The van der Waals surface area contributed by atoms with Gasteiger partial charge >= 0.3 is 0 Å². The number of nitrogens with zero attached hydrogens (tertiary/aromatic N) is 2. The number of piperidine rings is 3. The van der Waals surface area contributed by atoms with Crippen molar-refractivity contribution in [3.8, 4) is 11.5 Å². The molecule has 37 heavy (non-hydrogen) atoms.